The van der Waals surface area contributed by atoms with Gasteiger partial charge in [0, 0.05) is 50.3 Å². The molecule has 0 aliphatic carbocycles. The fraction of sp³-hybridized carbons (Fsp3) is 0.455. The Kier molecular flexibility index (Phi) is 5.53. The number of carbonyl (C=O) groups is 2. The van der Waals surface area contributed by atoms with Gasteiger partial charge in [-0.25, -0.2) is 9.67 Å². The molecule has 168 valence electrons. The molecule has 0 spiro atoms. The van der Waals surface area contributed by atoms with Gasteiger partial charge in [-0.3, -0.25) is 9.59 Å². The molecule has 1 aliphatic rings. The molecule has 10 nitrogen and oxygen atoms in total. The van der Waals surface area contributed by atoms with Crippen LogP contribution in [-0.4, -0.2) is 72.7 Å². The third-order valence-corrected chi connectivity index (χ3v) is 5.56. The average Bonchev–Trinajstić information content (AvgIpc) is 3.41. The van der Waals surface area contributed by atoms with Crippen LogP contribution >= 0.6 is 0 Å². The van der Waals surface area contributed by atoms with Crippen LogP contribution in [0.25, 0.3) is 17.3 Å². The molecule has 0 aromatic carbocycles. The number of nitrogens with zero attached hydrogens (tertiary/aromatic N) is 7. The van der Waals surface area contributed by atoms with Gasteiger partial charge in [0.05, 0.1) is 17.5 Å². The van der Waals surface area contributed by atoms with E-state index in [1.165, 1.54) is 0 Å². The second-order valence-electron chi connectivity index (χ2n) is 8.93. The van der Waals surface area contributed by atoms with Gasteiger partial charge in [-0.2, -0.15) is 10.1 Å². The molecule has 0 bridgehead atoms. The highest BCUT2D eigenvalue weighted by atomic mass is 16.5. The number of hydrogen-bond donors (Lipinski definition) is 0. The summed E-state index contributed by atoms with van der Waals surface area (Å²) in [6.45, 7) is 11.5. The van der Waals surface area contributed by atoms with Crippen molar-refractivity contribution < 1.29 is 14.1 Å². The molecular formula is C22H27N7O3. The van der Waals surface area contributed by atoms with Crippen molar-refractivity contribution in [2.45, 2.75) is 40.0 Å². The summed E-state index contributed by atoms with van der Waals surface area (Å²) in [5.74, 6) is 1.51. The van der Waals surface area contributed by atoms with Gasteiger partial charge < -0.3 is 14.3 Å². The molecule has 1 saturated heterocycles. The smallest absolute Gasteiger partial charge is 0.258 e. The van der Waals surface area contributed by atoms with E-state index in [1.807, 2.05) is 27.7 Å². The van der Waals surface area contributed by atoms with Gasteiger partial charge in [0.15, 0.2) is 11.6 Å². The topological polar surface area (TPSA) is 110 Å². The number of carbonyl (C=O) groups excluding carboxylic acids is 2. The van der Waals surface area contributed by atoms with E-state index in [4.69, 9.17) is 4.52 Å². The Bertz CT molecular complexity index is 1150. The lowest BCUT2D eigenvalue weighted by atomic mass is 9.96. The molecule has 10 heteroatoms. The van der Waals surface area contributed by atoms with Gasteiger partial charge in [0.2, 0.25) is 5.91 Å². The van der Waals surface area contributed by atoms with E-state index in [9.17, 15) is 9.59 Å². The van der Waals surface area contributed by atoms with Crippen molar-refractivity contribution in [1.29, 1.82) is 0 Å². The van der Waals surface area contributed by atoms with Gasteiger partial charge in [-0.15, -0.1) is 0 Å². The summed E-state index contributed by atoms with van der Waals surface area (Å²) in [6, 6.07) is 3.60. The first-order chi connectivity index (χ1) is 15.1. The van der Waals surface area contributed by atoms with Crippen LogP contribution in [0.5, 0.6) is 0 Å². The van der Waals surface area contributed by atoms with Crippen LogP contribution in [0.3, 0.4) is 0 Å². The van der Waals surface area contributed by atoms with Gasteiger partial charge >= 0.3 is 0 Å². The summed E-state index contributed by atoms with van der Waals surface area (Å²) >= 11 is 0. The fourth-order valence-corrected chi connectivity index (χ4v) is 3.56. The van der Waals surface area contributed by atoms with Gasteiger partial charge in [0.25, 0.3) is 11.8 Å². The highest BCUT2D eigenvalue weighted by Crippen LogP contribution is 2.25. The van der Waals surface area contributed by atoms with E-state index in [-0.39, 0.29) is 17.2 Å². The standard InChI is InChI=1S/C22H27N7O3/c1-14-17(20(31)28-10-8-27(9-11-28)15(2)30)13-24-29(14)18-12-16(6-7-23-18)19-25-21(26-32-19)22(3,4)5/h6-7,12-13H,8-11H2,1-5H3. The molecule has 0 saturated carbocycles. The SMILES string of the molecule is CC(=O)N1CCN(C(=O)c2cnn(-c3cc(-c4nc(C(C)(C)C)no4)ccn3)c2C)CC1. The van der Waals surface area contributed by atoms with Gasteiger partial charge in [-0.1, -0.05) is 25.9 Å². The van der Waals surface area contributed by atoms with Crippen LogP contribution in [0.2, 0.25) is 0 Å². The van der Waals surface area contributed by atoms with E-state index in [1.54, 1.807) is 45.9 Å². The lowest BCUT2D eigenvalue weighted by Crippen LogP contribution is -2.50. The van der Waals surface area contributed by atoms with Crippen LogP contribution in [0, 0.1) is 6.92 Å². The molecule has 32 heavy (non-hydrogen) atoms. The van der Waals surface area contributed by atoms with Crippen molar-refractivity contribution in [3.8, 4) is 17.3 Å². The van der Waals surface area contributed by atoms with Crippen LogP contribution in [0.15, 0.2) is 29.0 Å². The monoisotopic (exact) mass is 437 g/mol. The summed E-state index contributed by atoms with van der Waals surface area (Å²) in [6.07, 6.45) is 3.21. The third kappa shape index (κ3) is 4.12. The zero-order valence-corrected chi connectivity index (χ0v) is 19.0. The van der Waals surface area contributed by atoms with Crippen molar-refractivity contribution in [2.75, 3.05) is 26.2 Å². The molecule has 2 amide bonds. The van der Waals surface area contributed by atoms with E-state index in [0.717, 1.165) is 5.56 Å². The maximum atomic E-state index is 13.0. The highest BCUT2D eigenvalue weighted by molar-refractivity contribution is 5.95. The quantitative estimate of drug-likeness (QED) is 0.618. The Morgan fingerprint density at radius 1 is 1.09 bits per heavy atom. The maximum absolute atomic E-state index is 13.0. The molecule has 1 aliphatic heterocycles. The van der Waals surface area contributed by atoms with Crippen LogP contribution in [0.1, 0.15) is 49.6 Å². The summed E-state index contributed by atoms with van der Waals surface area (Å²) in [5, 5.41) is 8.48. The van der Waals surface area contributed by atoms with Crippen molar-refractivity contribution in [3.05, 3.63) is 41.6 Å². The zero-order chi connectivity index (χ0) is 23.0. The predicted molar refractivity (Wildman–Crippen MR) is 116 cm³/mol. The number of hydrogen-bond acceptors (Lipinski definition) is 7. The first kappa shape index (κ1) is 21.7. The molecule has 0 radical (unpaired) electrons. The number of pyridine rings is 1. The number of rotatable bonds is 3. The van der Waals surface area contributed by atoms with Crippen molar-refractivity contribution >= 4 is 11.8 Å². The Labute approximate surface area is 186 Å². The maximum Gasteiger partial charge on any atom is 0.258 e. The van der Waals surface area contributed by atoms with Crippen molar-refractivity contribution in [2.24, 2.45) is 0 Å². The zero-order valence-electron chi connectivity index (χ0n) is 19.0. The van der Waals surface area contributed by atoms with Crippen LogP contribution < -0.4 is 0 Å². The number of aromatic nitrogens is 5. The van der Waals surface area contributed by atoms with E-state index < -0.39 is 0 Å². The molecule has 4 rings (SSSR count). The minimum atomic E-state index is -0.221. The summed E-state index contributed by atoms with van der Waals surface area (Å²) in [4.78, 5) is 37.0. The second kappa shape index (κ2) is 8.18. The first-order valence-electron chi connectivity index (χ1n) is 10.6. The van der Waals surface area contributed by atoms with Gasteiger partial charge in [0.1, 0.15) is 0 Å². The summed E-state index contributed by atoms with van der Waals surface area (Å²) < 4.78 is 7.07. The third-order valence-electron chi connectivity index (χ3n) is 5.56. The lowest BCUT2D eigenvalue weighted by Gasteiger charge is -2.34. The Morgan fingerprint density at radius 2 is 1.78 bits per heavy atom. The predicted octanol–water partition coefficient (Wildman–Crippen LogP) is 2.23. The van der Waals surface area contributed by atoms with Crippen LogP contribution in [-0.2, 0) is 10.2 Å². The second-order valence-corrected chi connectivity index (χ2v) is 8.93. The van der Waals surface area contributed by atoms with E-state index in [0.29, 0.717) is 55.0 Å². The Hall–Kier alpha value is -3.56. The average molecular weight is 438 g/mol. The van der Waals surface area contributed by atoms with Crippen LogP contribution in [0.4, 0.5) is 0 Å². The van der Waals surface area contributed by atoms with E-state index >= 15 is 0 Å². The molecule has 4 heterocycles. The Morgan fingerprint density at radius 3 is 2.41 bits per heavy atom. The molecule has 0 atom stereocenters. The summed E-state index contributed by atoms with van der Waals surface area (Å²) in [5.41, 5.74) is 1.71. The van der Waals surface area contributed by atoms with Crippen molar-refractivity contribution in [1.82, 2.24) is 34.7 Å². The minimum absolute atomic E-state index is 0.0305. The fourth-order valence-electron chi connectivity index (χ4n) is 3.56. The molecule has 1 fully saturated rings. The minimum Gasteiger partial charge on any atom is -0.339 e. The van der Waals surface area contributed by atoms with Gasteiger partial charge in [-0.05, 0) is 19.1 Å². The molecule has 0 N–H and O–H groups in total. The lowest BCUT2D eigenvalue weighted by molar-refractivity contribution is -0.130. The first-order valence-corrected chi connectivity index (χ1v) is 10.6. The van der Waals surface area contributed by atoms with E-state index in [2.05, 4.69) is 20.2 Å². The van der Waals surface area contributed by atoms with Crippen molar-refractivity contribution in [3.63, 3.8) is 0 Å². The highest BCUT2D eigenvalue weighted by Gasteiger charge is 2.26. The molecule has 3 aromatic heterocycles. The Balaban J connectivity index is 1.56. The molecular weight excluding hydrogens is 410 g/mol. The molecule has 3 aromatic rings. The number of amides is 2. The normalized spacial score (nSPS) is 14.7. The molecule has 0 unspecified atom stereocenters. The largest absolute Gasteiger partial charge is 0.339 e. The summed E-state index contributed by atoms with van der Waals surface area (Å²) in [7, 11) is 0. The number of piperazine rings is 1.